The smallest absolute Gasteiger partial charge is 0.233 e. The lowest BCUT2D eigenvalue weighted by atomic mass is 10.1. The van der Waals surface area contributed by atoms with Crippen molar-refractivity contribution >= 4 is 36.9 Å². The van der Waals surface area contributed by atoms with Crippen LogP contribution in [0.1, 0.15) is 16.0 Å². The minimum Gasteiger partial charge on any atom is -0.233 e. The van der Waals surface area contributed by atoms with Crippen molar-refractivity contribution in [1.82, 2.24) is 3.97 Å². The van der Waals surface area contributed by atoms with E-state index in [0.717, 1.165) is 27.8 Å². The second-order valence-corrected chi connectivity index (χ2v) is 9.01. The van der Waals surface area contributed by atoms with Crippen LogP contribution < -0.4 is 0 Å². The van der Waals surface area contributed by atoms with E-state index in [9.17, 15) is 8.42 Å². The lowest BCUT2D eigenvalue weighted by molar-refractivity contribution is 0.589. The molecule has 0 N–H and O–H groups in total. The van der Waals surface area contributed by atoms with E-state index in [2.05, 4.69) is 15.9 Å². The SMILES string of the molecule is O=S(=O)(c1ccccc1)n1c2c(c3ccccc31)C(Br)c1ccccc1-2. The van der Waals surface area contributed by atoms with Gasteiger partial charge in [-0.25, -0.2) is 12.4 Å². The molecule has 26 heavy (non-hydrogen) atoms. The van der Waals surface area contributed by atoms with Crippen molar-refractivity contribution in [2.24, 2.45) is 0 Å². The fraction of sp³-hybridized carbons (Fsp3) is 0.0476. The zero-order valence-electron chi connectivity index (χ0n) is 13.6. The highest BCUT2D eigenvalue weighted by molar-refractivity contribution is 9.09. The average Bonchev–Trinajstić information content (AvgIpc) is 3.17. The zero-order chi connectivity index (χ0) is 17.9. The minimum absolute atomic E-state index is 0.0224. The van der Waals surface area contributed by atoms with Crippen molar-refractivity contribution in [3.63, 3.8) is 0 Å². The van der Waals surface area contributed by atoms with Crippen LogP contribution in [-0.2, 0) is 10.0 Å². The van der Waals surface area contributed by atoms with E-state index in [1.807, 2.05) is 54.6 Å². The van der Waals surface area contributed by atoms with Crippen molar-refractivity contribution in [2.45, 2.75) is 9.72 Å². The van der Waals surface area contributed by atoms with E-state index < -0.39 is 10.0 Å². The fourth-order valence-electron chi connectivity index (χ4n) is 3.78. The fourth-order valence-corrected chi connectivity index (χ4v) is 6.21. The van der Waals surface area contributed by atoms with Gasteiger partial charge in [-0.3, -0.25) is 0 Å². The molecule has 4 aromatic rings. The molecule has 1 aliphatic rings. The summed E-state index contributed by atoms with van der Waals surface area (Å²) in [4.78, 5) is 0.268. The topological polar surface area (TPSA) is 39.1 Å². The van der Waals surface area contributed by atoms with Gasteiger partial charge >= 0.3 is 0 Å². The molecule has 0 saturated heterocycles. The summed E-state index contributed by atoms with van der Waals surface area (Å²) in [6.45, 7) is 0. The van der Waals surface area contributed by atoms with Gasteiger partial charge in [0.2, 0.25) is 0 Å². The second kappa shape index (κ2) is 5.56. The highest BCUT2D eigenvalue weighted by Gasteiger charge is 2.36. The van der Waals surface area contributed by atoms with E-state index in [0.29, 0.717) is 10.4 Å². The molecule has 3 nitrogen and oxygen atoms in total. The average molecular weight is 424 g/mol. The van der Waals surface area contributed by atoms with E-state index >= 15 is 0 Å². The summed E-state index contributed by atoms with van der Waals surface area (Å²) in [6, 6.07) is 24.3. The molecule has 1 atom stereocenters. The third-order valence-corrected chi connectivity index (χ3v) is 7.57. The van der Waals surface area contributed by atoms with E-state index in [1.54, 1.807) is 24.3 Å². The Bertz CT molecular complexity index is 1260. The molecule has 1 aliphatic carbocycles. The first-order valence-electron chi connectivity index (χ1n) is 8.28. The van der Waals surface area contributed by atoms with E-state index in [-0.39, 0.29) is 4.83 Å². The number of para-hydroxylation sites is 1. The number of hydrogen-bond acceptors (Lipinski definition) is 2. The molecule has 0 radical (unpaired) electrons. The number of aromatic nitrogens is 1. The Morgan fingerprint density at radius 2 is 1.46 bits per heavy atom. The molecule has 0 saturated carbocycles. The zero-order valence-corrected chi connectivity index (χ0v) is 16.0. The van der Waals surface area contributed by atoms with Crippen LogP contribution in [-0.4, -0.2) is 12.4 Å². The van der Waals surface area contributed by atoms with Gasteiger partial charge < -0.3 is 0 Å². The molecule has 0 fully saturated rings. The minimum atomic E-state index is -3.72. The summed E-state index contributed by atoms with van der Waals surface area (Å²) in [6.07, 6.45) is 0. The second-order valence-electron chi connectivity index (χ2n) is 6.31. The van der Waals surface area contributed by atoms with Gasteiger partial charge in [-0.1, -0.05) is 76.6 Å². The maximum atomic E-state index is 13.5. The van der Waals surface area contributed by atoms with Crippen molar-refractivity contribution < 1.29 is 8.42 Å². The Morgan fingerprint density at radius 3 is 2.27 bits per heavy atom. The van der Waals surface area contributed by atoms with Gasteiger partial charge in [0.25, 0.3) is 10.0 Å². The Balaban J connectivity index is 1.95. The first kappa shape index (κ1) is 15.9. The quantitative estimate of drug-likeness (QED) is 0.408. The highest BCUT2D eigenvalue weighted by Crippen LogP contribution is 2.52. The monoisotopic (exact) mass is 423 g/mol. The predicted molar refractivity (Wildman–Crippen MR) is 107 cm³/mol. The summed E-state index contributed by atoms with van der Waals surface area (Å²) in [5.41, 5.74) is 4.54. The van der Waals surface area contributed by atoms with Crippen LogP contribution in [0.15, 0.2) is 83.8 Å². The van der Waals surface area contributed by atoms with Crippen LogP contribution in [0.2, 0.25) is 0 Å². The molecule has 0 amide bonds. The molecule has 1 unspecified atom stereocenters. The number of rotatable bonds is 2. The highest BCUT2D eigenvalue weighted by atomic mass is 79.9. The maximum absolute atomic E-state index is 13.5. The summed E-state index contributed by atoms with van der Waals surface area (Å²) >= 11 is 3.79. The molecule has 5 rings (SSSR count). The largest absolute Gasteiger partial charge is 0.268 e. The predicted octanol–water partition coefficient (Wildman–Crippen LogP) is 5.34. The van der Waals surface area contributed by atoms with Crippen LogP contribution in [0.4, 0.5) is 0 Å². The van der Waals surface area contributed by atoms with Gasteiger partial charge in [-0.05, 0) is 23.8 Å². The van der Waals surface area contributed by atoms with Gasteiger partial charge in [0.1, 0.15) is 0 Å². The number of halogens is 1. The van der Waals surface area contributed by atoms with Gasteiger partial charge in [0.15, 0.2) is 0 Å². The third-order valence-electron chi connectivity index (χ3n) is 4.90. The Hall–Kier alpha value is -2.37. The number of nitrogens with zero attached hydrogens (tertiary/aromatic N) is 1. The Labute approximate surface area is 160 Å². The first-order chi connectivity index (χ1) is 12.6. The normalized spacial score (nSPS) is 15.8. The molecule has 0 aliphatic heterocycles. The Morgan fingerprint density at radius 1 is 0.808 bits per heavy atom. The summed E-state index contributed by atoms with van der Waals surface area (Å²) in [5.74, 6) is 0. The maximum Gasteiger partial charge on any atom is 0.268 e. The standard InChI is InChI=1S/C21H14BrNO2S/c22-20-15-10-4-5-11-16(15)21-19(20)17-12-6-7-13-18(17)23(21)26(24,25)14-8-2-1-3-9-14/h1-13,20H. The van der Waals surface area contributed by atoms with Crippen LogP contribution in [0.25, 0.3) is 22.2 Å². The van der Waals surface area contributed by atoms with Gasteiger partial charge in [0.05, 0.1) is 20.9 Å². The molecule has 5 heteroatoms. The summed E-state index contributed by atoms with van der Waals surface area (Å²) < 4.78 is 28.6. The Kier molecular flexibility index (Phi) is 3.39. The third kappa shape index (κ3) is 2.01. The van der Waals surface area contributed by atoms with Crippen molar-refractivity contribution in [1.29, 1.82) is 0 Å². The van der Waals surface area contributed by atoms with Gasteiger partial charge in [0, 0.05) is 16.5 Å². The van der Waals surface area contributed by atoms with E-state index in [1.165, 1.54) is 3.97 Å². The summed E-state index contributed by atoms with van der Waals surface area (Å²) in [7, 11) is -3.72. The van der Waals surface area contributed by atoms with Gasteiger partial charge in [-0.2, -0.15) is 0 Å². The lowest BCUT2D eigenvalue weighted by Crippen LogP contribution is -2.14. The molecular weight excluding hydrogens is 410 g/mol. The number of alkyl halides is 1. The molecule has 0 bridgehead atoms. The van der Waals surface area contributed by atoms with Crippen LogP contribution >= 0.6 is 15.9 Å². The van der Waals surface area contributed by atoms with Crippen LogP contribution in [0.5, 0.6) is 0 Å². The summed E-state index contributed by atoms with van der Waals surface area (Å²) in [5, 5.41) is 0.958. The number of hydrogen-bond donors (Lipinski definition) is 0. The van der Waals surface area contributed by atoms with Crippen LogP contribution in [0.3, 0.4) is 0 Å². The van der Waals surface area contributed by atoms with Crippen LogP contribution in [0, 0.1) is 0 Å². The van der Waals surface area contributed by atoms with Crippen molar-refractivity contribution in [3.8, 4) is 11.3 Å². The molecule has 1 aromatic heterocycles. The molecular formula is C21H14BrNO2S. The molecule has 128 valence electrons. The van der Waals surface area contributed by atoms with Gasteiger partial charge in [-0.15, -0.1) is 0 Å². The molecule has 0 spiro atoms. The van der Waals surface area contributed by atoms with Crippen molar-refractivity contribution in [3.05, 3.63) is 90.0 Å². The number of benzene rings is 3. The first-order valence-corrected chi connectivity index (χ1v) is 10.6. The van der Waals surface area contributed by atoms with Crippen molar-refractivity contribution in [2.75, 3.05) is 0 Å². The number of fused-ring (bicyclic) bond motifs is 5. The molecule has 1 heterocycles. The van der Waals surface area contributed by atoms with E-state index in [4.69, 9.17) is 0 Å². The molecule has 3 aromatic carbocycles. The lowest BCUT2D eigenvalue weighted by Gasteiger charge is -2.12.